The Balaban J connectivity index is 0.000000138. The molecule has 4 aliphatic heterocycles. The second-order valence-electron chi connectivity index (χ2n) is 23.7. The molecule has 93 heavy (non-hydrogen) atoms. The lowest BCUT2D eigenvalue weighted by molar-refractivity contribution is 0.487. The van der Waals surface area contributed by atoms with Gasteiger partial charge in [-0.05, 0) is 203 Å². The molecule has 0 aliphatic carbocycles. The molecular formula is C85H60Br2N2O2Si2. The third-order valence-corrected chi connectivity index (χ3v) is 29.2. The van der Waals surface area contributed by atoms with E-state index in [0.717, 1.165) is 72.5 Å². The number of benzene rings is 14. The van der Waals surface area contributed by atoms with Crippen LogP contribution in [0.4, 0.5) is 34.1 Å². The molecule has 4 aliphatic rings. The molecule has 0 N–H and O–H groups in total. The Labute approximate surface area is 562 Å². The summed E-state index contributed by atoms with van der Waals surface area (Å²) >= 11 is 7.47. The first-order valence-electron chi connectivity index (χ1n) is 31.5. The molecule has 2 spiro atoms. The Morgan fingerprint density at radius 2 is 0.473 bits per heavy atom. The summed E-state index contributed by atoms with van der Waals surface area (Å²) in [4.78, 5) is 4.75. The van der Waals surface area contributed by atoms with Crippen molar-refractivity contribution in [3.63, 3.8) is 0 Å². The lowest BCUT2D eigenvalue weighted by Crippen LogP contribution is -2.74. The van der Waals surface area contributed by atoms with Gasteiger partial charge in [0.25, 0.3) is 0 Å². The van der Waals surface area contributed by atoms with E-state index in [1.165, 1.54) is 74.9 Å². The van der Waals surface area contributed by atoms with E-state index in [4.69, 9.17) is 9.47 Å². The Kier molecular flexibility index (Phi) is 15.4. The van der Waals surface area contributed by atoms with Crippen molar-refractivity contribution in [2.24, 2.45) is 0 Å². The largest absolute Gasteiger partial charge is 0.458 e. The lowest BCUT2D eigenvalue weighted by atomic mass is 10.0. The molecule has 0 saturated heterocycles. The highest BCUT2D eigenvalue weighted by molar-refractivity contribution is 9.10. The molecule has 0 fully saturated rings. The predicted molar refractivity (Wildman–Crippen MR) is 399 cm³/mol. The summed E-state index contributed by atoms with van der Waals surface area (Å²) < 4.78 is 15.3. The van der Waals surface area contributed by atoms with Gasteiger partial charge in [0.2, 0.25) is 0 Å². The van der Waals surface area contributed by atoms with Crippen LogP contribution in [0.25, 0.3) is 22.3 Å². The quantitative estimate of drug-likeness (QED) is 0.142. The van der Waals surface area contributed by atoms with Crippen LogP contribution in [-0.2, 0) is 6.42 Å². The average Bonchev–Trinajstić information content (AvgIpc) is 1.57. The number of para-hydroxylation sites is 8. The smallest absolute Gasteiger partial charge is 0.189 e. The fourth-order valence-corrected chi connectivity index (χ4v) is 26.6. The molecule has 0 atom stereocenters. The summed E-state index contributed by atoms with van der Waals surface area (Å²) in [6.45, 7) is 0. The van der Waals surface area contributed by atoms with Crippen LogP contribution >= 0.6 is 31.9 Å². The van der Waals surface area contributed by atoms with Crippen molar-refractivity contribution in [1.29, 1.82) is 0 Å². The number of hydrogen-bond acceptors (Lipinski definition) is 4. The van der Waals surface area contributed by atoms with E-state index in [0.29, 0.717) is 0 Å². The molecule has 14 aromatic carbocycles. The molecule has 0 bridgehead atoms. The average molecular weight is 1360 g/mol. The van der Waals surface area contributed by atoms with Crippen LogP contribution < -0.4 is 60.8 Å². The Morgan fingerprint density at radius 1 is 0.226 bits per heavy atom. The van der Waals surface area contributed by atoms with E-state index in [2.05, 4.69) is 394 Å². The normalized spacial score (nSPS) is 13.0. The van der Waals surface area contributed by atoms with E-state index in [1.54, 1.807) is 0 Å². The van der Waals surface area contributed by atoms with E-state index < -0.39 is 16.1 Å². The van der Waals surface area contributed by atoms with E-state index in [1.807, 2.05) is 0 Å². The van der Waals surface area contributed by atoms with Crippen molar-refractivity contribution in [3.8, 4) is 45.3 Å². The minimum Gasteiger partial charge on any atom is -0.458 e. The van der Waals surface area contributed by atoms with E-state index in [-0.39, 0.29) is 0 Å². The lowest BCUT2D eigenvalue weighted by Gasteiger charge is -2.38. The second kappa shape index (κ2) is 24.7. The first-order valence-corrected chi connectivity index (χ1v) is 37.1. The fourth-order valence-electron chi connectivity index (χ4n) is 14.6. The fraction of sp³-hybridized carbons (Fsp3) is 0.0118. The zero-order valence-electron chi connectivity index (χ0n) is 50.7. The second-order valence-corrected chi connectivity index (χ2v) is 32.8. The van der Waals surface area contributed by atoms with Gasteiger partial charge >= 0.3 is 0 Å². The van der Waals surface area contributed by atoms with Crippen LogP contribution in [0.1, 0.15) is 11.1 Å². The van der Waals surface area contributed by atoms with Crippen LogP contribution in [0.2, 0.25) is 0 Å². The molecule has 8 heteroatoms. The Hall–Kier alpha value is -10.3. The number of ether oxygens (including phenoxy) is 2. The van der Waals surface area contributed by atoms with Crippen molar-refractivity contribution in [3.05, 3.63) is 372 Å². The number of fused-ring (bicyclic) bond motifs is 18. The van der Waals surface area contributed by atoms with Crippen LogP contribution in [-0.4, -0.2) is 16.1 Å². The van der Waals surface area contributed by atoms with Crippen LogP contribution in [0, 0.1) is 0 Å². The Morgan fingerprint density at radius 3 is 0.774 bits per heavy atom. The predicted octanol–water partition coefficient (Wildman–Crippen LogP) is 18.0. The zero-order valence-corrected chi connectivity index (χ0v) is 55.8. The number of rotatable bonds is 8. The minimum absolute atomic E-state index is 0.938. The van der Waals surface area contributed by atoms with Gasteiger partial charge in [0.05, 0.1) is 0 Å². The van der Waals surface area contributed by atoms with Crippen LogP contribution in [0.15, 0.2) is 361 Å². The van der Waals surface area contributed by atoms with Gasteiger partial charge in [-0.15, -0.1) is 0 Å². The minimum atomic E-state index is -2.94. The van der Waals surface area contributed by atoms with Crippen LogP contribution in [0.5, 0.6) is 23.0 Å². The molecule has 18 rings (SSSR count). The van der Waals surface area contributed by atoms with Gasteiger partial charge in [-0.25, -0.2) is 0 Å². The highest BCUT2D eigenvalue weighted by Gasteiger charge is 2.55. The maximum absolute atomic E-state index is 6.74. The van der Waals surface area contributed by atoms with Crippen molar-refractivity contribution >= 4 is 124 Å². The first kappa shape index (κ1) is 57.8. The summed E-state index contributed by atoms with van der Waals surface area (Å²) in [7, 11) is -5.39. The number of nitrogens with zero attached hydrogens (tertiary/aromatic N) is 2. The molecule has 0 saturated carbocycles. The maximum atomic E-state index is 6.74. The summed E-state index contributed by atoms with van der Waals surface area (Å²) in [5.74, 6) is 3.83. The van der Waals surface area contributed by atoms with E-state index in [9.17, 15) is 0 Å². The van der Waals surface area contributed by atoms with Gasteiger partial charge < -0.3 is 19.3 Å². The SMILES string of the molecule is Brc1ccc2c(c1)[Si]1(c3ccccc3Oc3ccccc31)c1cc(Br)ccc1-2.c1ccc(Cc2ccccc2)cc1.c1ccc(N(c2ccccc2)c2ccc3c(c2)[Si]2(c4ccccc4Oc4ccccc42)c2cc(N(c4ccccc4)c4ccccc4)ccc2-3)cc1. The van der Waals surface area contributed by atoms with Gasteiger partial charge in [0, 0.05) is 43.1 Å². The molecule has 0 radical (unpaired) electrons. The van der Waals surface area contributed by atoms with Crippen LogP contribution in [0.3, 0.4) is 0 Å². The topological polar surface area (TPSA) is 24.9 Å². The maximum Gasteiger partial charge on any atom is 0.189 e. The third-order valence-electron chi connectivity index (χ3n) is 18.4. The molecular weight excluding hydrogens is 1300 g/mol. The van der Waals surface area contributed by atoms with Gasteiger partial charge in [-0.2, -0.15) is 0 Å². The van der Waals surface area contributed by atoms with Crippen molar-refractivity contribution < 1.29 is 9.47 Å². The van der Waals surface area contributed by atoms with Gasteiger partial charge in [0.1, 0.15) is 23.0 Å². The van der Waals surface area contributed by atoms with Gasteiger partial charge in [-0.1, -0.05) is 262 Å². The highest BCUT2D eigenvalue weighted by atomic mass is 79.9. The third kappa shape index (κ3) is 10.2. The molecule has 0 aromatic heterocycles. The van der Waals surface area contributed by atoms with Gasteiger partial charge in [0.15, 0.2) is 16.1 Å². The standard InChI is InChI=1S/C48H34N2OSi.C24H14Br2OSi.C13H12/c1-5-17-35(18-6-1)49(36-19-7-2-8-20-36)39-29-31-41-42-32-30-40(50(37-21-9-3-10-22-37)38-23-11-4-12-24-38)34-48(42)52(47(41)33-39)45-27-15-13-25-43(45)51-44-26-14-16-28-46(44)52;25-15-9-11-17-18-12-10-16(26)14-24(18)28(23(17)13-15)21-7-3-1-5-19(21)27-20-6-2-4-8-22(20)28;1-3-7-12(8-4-1)11-13-9-5-2-6-10-13/h1-34H;1-14H;1-10H,11H2. The van der Waals surface area contributed by atoms with Crippen molar-refractivity contribution in [2.45, 2.75) is 6.42 Å². The van der Waals surface area contributed by atoms with Crippen molar-refractivity contribution in [2.75, 3.05) is 9.80 Å². The van der Waals surface area contributed by atoms with Crippen molar-refractivity contribution in [1.82, 2.24) is 0 Å². The summed E-state index contributed by atoms with van der Waals surface area (Å²) in [6.07, 6.45) is 1.03. The first-order chi connectivity index (χ1) is 45.9. The number of anilines is 6. The monoisotopic (exact) mass is 1350 g/mol. The van der Waals surface area contributed by atoms with Gasteiger partial charge in [-0.3, -0.25) is 0 Å². The molecule has 0 amide bonds. The molecule has 4 nitrogen and oxygen atoms in total. The molecule has 14 aromatic rings. The zero-order chi connectivity index (χ0) is 62.3. The van der Waals surface area contributed by atoms with E-state index >= 15 is 0 Å². The number of halogens is 2. The molecule has 0 unspecified atom stereocenters. The molecule has 444 valence electrons. The summed E-state index contributed by atoms with van der Waals surface area (Å²) in [5, 5.41) is 10.8. The Bertz CT molecular complexity index is 4660. The number of hydrogen-bond donors (Lipinski definition) is 0. The highest BCUT2D eigenvalue weighted by Crippen LogP contribution is 2.44. The summed E-state index contributed by atoms with van der Waals surface area (Å²) in [5.41, 5.74) is 14.7. The summed E-state index contributed by atoms with van der Waals surface area (Å²) in [6, 6.07) is 126. The molecule has 4 heterocycles.